The third-order valence-corrected chi connectivity index (χ3v) is 5.42. The molecule has 0 spiro atoms. The first-order chi connectivity index (χ1) is 10.4. The van der Waals surface area contributed by atoms with E-state index in [1.54, 1.807) is 23.3 Å². The fourth-order valence-corrected chi connectivity index (χ4v) is 3.65. The van der Waals surface area contributed by atoms with Crippen molar-refractivity contribution in [2.45, 2.75) is 32.9 Å². The molecule has 5 nitrogen and oxygen atoms in total. The Hall–Kier alpha value is -1.82. The molecule has 0 radical (unpaired) electrons. The van der Waals surface area contributed by atoms with Crippen LogP contribution in [0.15, 0.2) is 28.1 Å². The predicted molar refractivity (Wildman–Crippen MR) is 86.4 cm³/mol. The molecule has 118 valence electrons. The smallest absolute Gasteiger partial charge is 0.322 e. The summed E-state index contributed by atoms with van der Waals surface area (Å²) in [4.78, 5) is 28.6. The summed E-state index contributed by atoms with van der Waals surface area (Å²) in [7, 11) is 1.73. The zero-order chi connectivity index (χ0) is 16.0. The SMILES string of the molecule is CC(C)[C@@H](C)N1CC2=C(C1=O)[C@@H](c1ccsc1)NC(=O)N2C. The lowest BCUT2D eigenvalue weighted by atomic mass is 9.98. The summed E-state index contributed by atoms with van der Waals surface area (Å²) in [6.07, 6.45) is 0. The number of carbonyl (C=O) groups excluding carboxylic acids is 2. The molecular weight excluding hydrogens is 298 g/mol. The zero-order valence-corrected chi connectivity index (χ0v) is 14.1. The fraction of sp³-hybridized carbons (Fsp3) is 0.500. The van der Waals surface area contributed by atoms with E-state index >= 15 is 0 Å². The van der Waals surface area contributed by atoms with Crippen molar-refractivity contribution in [2.24, 2.45) is 5.92 Å². The van der Waals surface area contributed by atoms with Crippen LogP contribution in [0.2, 0.25) is 0 Å². The molecule has 1 aromatic rings. The van der Waals surface area contributed by atoms with Gasteiger partial charge in [-0.1, -0.05) is 13.8 Å². The normalized spacial score (nSPS) is 23.2. The van der Waals surface area contributed by atoms with Crippen LogP contribution in [0.5, 0.6) is 0 Å². The first kappa shape index (κ1) is 15.1. The number of urea groups is 1. The molecule has 1 N–H and O–H groups in total. The summed E-state index contributed by atoms with van der Waals surface area (Å²) in [5, 5.41) is 6.90. The second kappa shape index (κ2) is 5.43. The number of nitrogens with one attached hydrogen (secondary N) is 1. The Morgan fingerprint density at radius 2 is 2.05 bits per heavy atom. The van der Waals surface area contributed by atoms with Crippen molar-refractivity contribution < 1.29 is 9.59 Å². The molecule has 2 aliphatic rings. The standard InChI is InChI=1S/C16H21N3O2S/c1-9(2)10(3)19-7-12-13(15(19)20)14(11-5-6-22-8-11)17-16(21)18(12)4/h5-6,8-10,14H,7H2,1-4H3,(H,17,21)/t10-,14-/m1/s1. The van der Waals surface area contributed by atoms with E-state index in [0.29, 0.717) is 18.0 Å². The van der Waals surface area contributed by atoms with Gasteiger partial charge in [0, 0.05) is 13.1 Å². The third kappa shape index (κ3) is 2.22. The summed E-state index contributed by atoms with van der Waals surface area (Å²) in [6, 6.07) is 1.63. The molecule has 0 unspecified atom stereocenters. The molecule has 1 aromatic heterocycles. The highest BCUT2D eigenvalue weighted by Crippen LogP contribution is 2.37. The zero-order valence-electron chi connectivity index (χ0n) is 13.3. The van der Waals surface area contributed by atoms with Gasteiger partial charge >= 0.3 is 6.03 Å². The Kier molecular flexibility index (Phi) is 3.72. The summed E-state index contributed by atoms with van der Waals surface area (Å²) < 4.78 is 0. The molecule has 3 heterocycles. The van der Waals surface area contributed by atoms with Gasteiger partial charge in [0.2, 0.25) is 0 Å². The van der Waals surface area contributed by atoms with Crippen LogP contribution >= 0.6 is 11.3 Å². The van der Waals surface area contributed by atoms with Crippen LogP contribution in [0.1, 0.15) is 32.4 Å². The molecule has 3 amide bonds. The van der Waals surface area contributed by atoms with Crippen molar-refractivity contribution in [3.05, 3.63) is 33.7 Å². The maximum absolute atomic E-state index is 12.9. The number of likely N-dealkylation sites (N-methyl/N-ethyl adjacent to an activating group) is 1. The second-order valence-corrected chi connectivity index (χ2v) is 7.06. The molecule has 22 heavy (non-hydrogen) atoms. The van der Waals surface area contributed by atoms with Gasteiger partial charge in [-0.25, -0.2) is 4.79 Å². The van der Waals surface area contributed by atoms with Crippen LogP contribution in [0, 0.1) is 5.92 Å². The molecule has 0 saturated heterocycles. The largest absolute Gasteiger partial charge is 0.330 e. The van der Waals surface area contributed by atoms with Crippen molar-refractivity contribution in [1.82, 2.24) is 15.1 Å². The van der Waals surface area contributed by atoms with E-state index in [1.807, 2.05) is 21.7 Å². The molecule has 0 saturated carbocycles. The lowest BCUT2D eigenvalue weighted by Gasteiger charge is -2.30. The maximum Gasteiger partial charge on any atom is 0.322 e. The predicted octanol–water partition coefficient (Wildman–Crippen LogP) is 2.59. The Balaban J connectivity index is 2.00. The number of nitrogens with zero attached hydrogens (tertiary/aromatic N) is 2. The van der Waals surface area contributed by atoms with Gasteiger partial charge < -0.3 is 10.2 Å². The third-order valence-electron chi connectivity index (χ3n) is 4.72. The highest BCUT2D eigenvalue weighted by molar-refractivity contribution is 7.08. The summed E-state index contributed by atoms with van der Waals surface area (Å²) in [5.41, 5.74) is 2.52. The van der Waals surface area contributed by atoms with Crippen LogP contribution in [0.4, 0.5) is 4.79 Å². The Labute approximate surface area is 134 Å². The molecule has 0 aliphatic carbocycles. The molecule has 2 aliphatic heterocycles. The van der Waals surface area contributed by atoms with Gasteiger partial charge in [0.05, 0.1) is 23.9 Å². The Morgan fingerprint density at radius 1 is 1.32 bits per heavy atom. The van der Waals surface area contributed by atoms with Crippen LogP contribution in [-0.2, 0) is 4.79 Å². The quantitative estimate of drug-likeness (QED) is 0.931. The summed E-state index contributed by atoms with van der Waals surface area (Å²) in [6.45, 7) is 6.80. The van der Waals surface area contributed by atoms with E-state index in [2.05, 4.69) is 26.1 Å². The number of hydrogen-bond donors (Lipinski definition) is 1. The van der Waals surface area contributed by atoms with Crippen molar-refractivity contribution in [3.8, 4) is 0 Å². The van der Waals surface area contributed by atoms with Crippen LogP contribution in [0.3, 0.4) is 0 Å². The van der Waals surface area contributed by atoms with E-state index in [1.165, 1.54) is 0 Å². The molecule has 6 heteroatoms. The molecule has 2 atom stereocenters. The first-order valence-electron chi connectivity index (χ1n) is 7.52. The molecule has 0 aromatic carbocycles. The minimum absolute atomic E-state index is 0.0410. The molecule has 0 fully saturated rings. The lowest BCUT2D eigenvalue weighted by molar-refractivity contribution is -0.128. The number of thiophene rings is 1. The van der Waals surface area contributed by atoms with Gasteiger partial charge in [0.15, 0.2) is 0 Å². The van der Waals surface area contributed by atoms with Gasteiger partial charge in [-0.3, -0.25) is 9.69 Å². The summed E-state index contributed by atoms with van der Waals surface area (Å²) in [5.74, 6) is 0.415. The van der Waals surface area contributed by atoms with E-state index in [4.69, 9.17) is 0 Å². The van der Waals surface area contributed by atoms with Crippen molar-refractivity contribution in [3.63, 3.8) is 0 Å². The van der Waals surface area contributed by atoms with Crippen LogP contribution in [0.25, 0.3) is 0 Å². The topological polar surface area (TPSA) is 52.7 Å². The maximum atomic E-state index is 12.9. The lowest BCUT2D eigenvalue weighted by Crippen LogP contribution is -2.45. The van der Waals surface area contributed by atoms with Gasteiger partial charge in [-0.05, 0) is 35.2 Å². The van der Waals surface area contributed by atoms with Crippen molar-refractivity contribution >= 4 is 23.3 Å². The Bertz CT molecular complexity index is 636. The van der Waals surface area contributed by atoms with E-state index in [9.17, 15) is 9.59 Å². The fourth-order valence-electron chi connectivity index (χ4n) is 2.97. The highest BCUT2D eigenvalue weighted by Gasteiger charge is 2.44. The minimum atomic E-state index is -0.332. The average Bonchev–Trinajstić information content (AvgIpc) is 3.10. The van der Waals surface area contributed by atoms with Gasteiger partial charge in [-0.2, -0.15) is 11.3 Å². The number of amides is 3. The molecule has 3 rings (SSSR count). The van der Waals surface area contributed by atoms with Crippen LogP contribution < -0.4 is 5.32 Å². The molecule has 0 bridgehead atoms. The number of hydrogen-bond acceptors (Lipinski definition) is 3. The number of rotatable bonds is 3. The van der Waals surface area contributed by atoms with Crippen molar-refractivity contribution in [2.75, 3.05) is 13.6 Å². The van der Waals surface area contributed by atoms with E-state index in [-0.39, 0.29) is 24.0 Å². The molecular formula is C16H21N3O2S. The minimum Gasteiger partial charge on any atom is -0.330 e. The van der Waals surface area contributed by atoms with Crippen molar-refractivity contribution in [1.29, 1.82) is 0 Å². The van der Waals surface area contributed by atoms with E-state index in [0.717, 1.165) is 11.3 Å². The monoisotopic (exact) mass is 319 g/mol. The van der Waals surface area contributed by atoms with Gasteiger partial charge in [0.1, 0.15) is 0 Å². The van der Waals surface area contributed by atoms with E-state index < -0.39 is 0 Å². The van der Waals surface area contributed by atoms with Gasteiger partial charge in [-0.15, -0.1) is 0 Å². The Morgan fingerprint density at radius 3 is 2.64 bits per heavy atom. The summed E-state index contributed by atoms with van der Waals surface area (Å²) >= 11 is 1.57. The highest BCUT2D eigenvalue weighted by atomic mass is 32.1. The second-order valence-electron chi connectivity index (χ2n) is 6.28. The first-order valence-corrected chi connectivity index (χ1v) is 8.46. The average molecular weight is 319 g/mol. The number of carbonyl (C=O) groups is 2. The van der Waals surface area contributed by atoms with Crippen LogP contribution in [-0.4, -0.2) is 41.4 Å². The van der Waals surface area contributed by atoms with Gasteiger partial charge in [0.25, 0.3) is 5.91 Å².